The number of carbonyl (C=O) groups is 3. The van der Waals surface area contributed by atoms with Crippen LogP contribution >= 0.6 is 0 Å². The van der Waals surface area contributed by atoms with E-state index in [-0.39, 0.29) is 23.5 Å². The van der Waals surface area contributed by atoms with E-state index in [0.29, 0.717) is 19.6 Å². The van der Waals surface area contributed by atoms with E-state index in [1.165, 1.54) is 6.26 Å². The number of hydrogen-bond donors (Lipinski definition) is 2. The van der Waals surface area contributed by atoms with Crippen molar-refractivity contribution >= 4 is 17.7 Å². The van der Waals surface area contributed by atoms with Crippen LogP contribution in [0, 0.1) is 5.92 Å². The molecule has 7 heteroatoms. The predicted molar refractivity (Wildman–Crippen MR) is 88.2 cm³/mol. The van der Waals surface area contributed by atoms with E-state index in [4.69, 9.17) is 4.42 Å². The molecule has 1 aliphatic heterocycles. The first kappa shape index (κ1) is 18.0. The van der Waals surface area contributed by atoms with Crippen LogP contribution in [0.2, 0.25) is 0 Å². The SMILES string of the molecule is CCCNC(=O)C1CCCN(C(=O)C(C)NC(=O)c2ccco2)C1. The van der Waals surface area contributed by atoms with Crippen molar-refractivity contribution in [2.24, 2.45) is 5.92 Å². The fourth-order valence-corrected chi connectivity index (χ4v) is 2.79. The number of amides is 3. The van der Waals surface area contributed by atoms with Crippen molar-refractivity contribution in [3.63, 3.8) is 0 Å². The van der Waals surface area contributed by atoms with E-state index in [1.807, 2.05) is 6.92 Å². The summed E-state index contributed by atoms with van der Waals surface area (Å²) in [6.07, 6.45) is 3.86. The van der Waals surface area contributed by atoms with Crippen LogP contribution in [0.25, 0.3) is 0 Å². The number of nitrogens with one attached hydrogen (secondary N) is 2. The maximum atomic E-state index is 12.5. The molecular weight excluding hydrogens is 310 g/mol. The van der Waals surface area contributed by atoms with Gasteiger partial charge in [0.2, 0.25) is 11.8 Å². The van der Waals surface area contributed by atoms with Gasteiger partial charge in [-0.25, -0.2) is 0 Å². The van der Waals surface area contributed by atoms with Gasteiger partial charge in [0.05, 0.1) is 12.2 Å². The van der Waals surface area contributed by atoms with Crippen molar-refractivity contribution in [3.05, 3.63) is 24.2 Å². The van der Waals surface area contributed by atoms with Gasteiger partial charge < -0.3 is 20.0 Å². The average molecular weight is 335 g/mol. The smallest absolute Gasteiger partial charge is 0.287 e. The van der Waals surface area contributed by atoms with E-state index < -0.39 is 11.9 Å². The number of hydrogen-bond acceptors (Lipinski definition) is 4. The van der Waals surface area contributed by atoms with Crippen LogP contribution in [-0.2, 0) is 9.59 Å². The summed E-state index contributed by atoms with van der Waals surface area (Å²) in [4.78, 5) is 38.2. The van der Waals surface area contributed by atoms with Gasteiger partial charge in [-0.2, -0.15) is 0 Å². The Bertz CT molecular complexity index is 570. The molecule has 7 nitrogen and oxygen atoms in total. The average Bonchev–Trinajstić information content (AvgIpc) is 3.13. The maximum Gasteiger partial charge on any atom is 0.287 e. The second-order valence-corrected chi connectivity index (χ2v) is 6.09. The second kappa shape index (κ2) is 8.52. The molecule has 2 rings (SSSR count). The number of rotatable bonds is 6. The third kappa shape index (κ3) is 4.59. The van der Waals surface area contributed by atoms with Crippen molar-refractivity contribution in [2.75, 3.05) is 19.6 Å². The summed E-state index contributed by atoms with van der Waals surface area (Å²) < 4.78 is 5.02. The van der Waals surface area contributed by atoms with Crippen LogP contribution in [0.1, 0.15) is 43.7 Å². The lowest BCUT2D eigenvalue weighted by molar-refractivity contribution is -0.137. The van der Waals surface area contributed by atoms with E-state index in [9.17, 15) is 14.4 Å². The summed E-state index contributed by atoms with van der Waals surface area (Å²) in [5.74, 6) is -0.605. The van der Waals surface area contributed by atoms with Crippen LogP contribution in [0.15, 0.2) is 22.8 Å². The van der Waals surface area contributed by atoms with Gasteiger partial charge in [0.25, 0.3) is 5.91 Å². The molecule has 0 spiro atoms. The molecule has 3 amide bonds. The van der Waals surface area contributed by atoms with E-state index >= 15 is 0 Å². The summed E-state index contributed by atoms with van der Waals surface area (Å²) in [6, 6.07) is 2.49. The Morgan fingerprint density at radius 1 is 1.42 bits per heavy atom. The number of likely N-dealkylation sites (tertiary alicyclic amines) is 1. The van der Waals surface area contributed by atoms with Crippen molar-refractivity contribution in [2.45, 2.75) is 39.2 Å². The Morgan fingerprint density at radius 2 is 2.21 bits per heavy atom. The molecule has 132 valence electrons. The zero-order valence-electron chi connectivity index (χ0n) is 14.2. The minimum Gasteiger partial charge on any atom is -0.459 e. The molecule has 1 aromatic rings. The van der Waals surface area contributed by atoms with Gasteiger partial charge >= 0.3 is 0 Å². The third-order valence-electron chi connectivity index (χ3n) is 4.12. The van der Waals surface area contributed by atoms with Gasteiger partial charge in [0, 0.05) is 19.6 Å². The molecule has 0 bridgehead atoms. The standard InChI is InChI=1S/C17H25N3O4/c1-3-8-18-15(21)13-6-4-9-20(11-13)17(23)12(2)19-16(22)14-7-5-10-24-14/h5,7,10,12-13H,3-4,6,8-9,11H2,1-2H3,(H,18,21)(H,19,22). The molecule has 24 heavy (non-hydrogen) atoms. The number of furan rings is 1. The lowest BCUT2D eigenvalue weighted by Crippen LogP contribution is -2.52. The van der Waals surface area contributed by atoms with Crippen LogP contribution in [0.4, 0.5) is 0 Å². The summed E-state index contributed by atoms with van der Waals surface area (Å²) >= 11 is 0. The predicted octanol–water partition coefficient (Wildman–Crippen LogP) is 1.16. The summed E-state index contributed by atoms with van der Waals surface area (Å²) in [6.45, 7) is 5.30. The van der Waals surface area contributed by atoms with Gasteiger partial charge in [-0.3, -0.25) is 14.4 Å². The molecule has 1 fully saturated rings. The van der Waals surface area contributed by atoms with Gasteiger partial charge in [-0.15, -0.1) is 0 Å². The van der Waals surface area contributed by atoms with Gasteiger partial charge in [-0.05, 0) is 38.3 Å². The Morgan fingerprint density at radius 3 is 2.88 bits per heavy atom. The lowest BCUT2D eigenvalue weighted by atomic mass is 9.96. The highest BCUT2D eigenvalue weighted by atomic mass is 16.3. The fourth-order valence-electron chi connectivity index (χ4n) is 2.79. The number of nitrogens with zero attached hydrogens (tertiary/aromatic N) is 1. The Hall–Kier alpha value is -2.31. The first-order chi connectivity index (χ1) is 11.5. The highest BCUT2D eigenvalue weighted by molar-refractivity contribution is 5.95. The molecule has 1 saturated heterocycles. The highest BCUT2D eigenvalue weighted by Crippen LogP contribution is 2.17. The topological polar surface area (TPSA) is 91.7 Å². The maximum absolute atomic E-state index is 12.5. The molecule has 2 atom stereocenters. The van der Waals surface area contributed by atoms with Gasteiger partial charge in [0.15, 0.2) is 5.76 Å². The molecule has 0 aliphatic carbocycles. The molecule has 0 radical (unpaired) electrons. The first-order valence-corrected chi connectivity index (χ1v) is 8.43. The minimum absolute atomic E-state index is 0.00150. The third-order valence-corrected chi connectivity index (χ3v) is 4.12. The molecule has 2 heterocycles. The quantitative estimate of drug-likeness (QED) is 0.816. The highest BCUT2D eigenvalue weighted by Gasteiger charge is 2.31. The number of piperidine rings is 1. The normalized spacial score (nSPS) is 18.8. The first-order valence-electron chi connectivity index (χ1n) is 8.43. The zero-order chi connectivity index (χ0) is 17.5. The molecule has 2 unspecified atom stereocenters. The van der Waals surface area contributed by atoms with Crippen LogP contribution < -0.4 is 10.6 Å². The number of carbonyl (C=O) groups excluding carboxylic acids is 3. The zero-order valence-corrected chi connectivity index (χ0v) is 14.2. The molecular formula is C17H25N3O4. The Kier molecular flexibility index (Phi) is 6.40. The van der Waals surface area contributed by atoms with Crippen LogP contribution in [0.5, 0.6) is 0 Å². The van der Waals surface area contributed by atoms with E-state index in [2.05, 4.69) is 10.6 Å². The molecule has 1 aliphatic rings. The largest absolute Gasteiger partial charge is 0.459 e. The van der Waals surface area contributed by atoms with Crippen molar-refractivity contribution in [1.29, 1.82) is 0 Å². The minimum atomic E-state index is -0.667. The molecule has 0 aromatic carbocycles. The lowest BCUT2D eigenvalue weighted by Gasteiger charge is -2.33. The summed E-state index contributed by atoms with van der Waals surface area (Å²) in [7, 11) is 0. The molecule has 2 N–H and O–H groups in total. The van der Waals surface area contributed by atoms with E-state index in [1.54, 1.807) is 24.0 Å². The summed E-state index contributed by atoms with van der Waals surface area (Å²) in [5, 5.41) is 5.52. The molecule has 1 aromatic heterocycles. The van der Waals surface area contributed by atoms with E-state index in [0.717, 1.165) is 19.3 Å². The molecule has 0 saturated carbocycles. The second-order valence-electron chi connectivity index (χ2n) is 6.09. The Balaban J connectivity index is 1.88. The van der Waals surface area contributed by atoms with Gasteiger partial charge in [-0.1, -0.05) is 6.92 Å². The fraction of sp³-hybridized carbons (Fsp3) is 0.588. The van der Waals surface area contributed by atoms with Crippen LogP contribution in [0.3, 0.4) is 0 Å². The van der Waals surface area contributed by atoms with Crippen LogP contribution in [-0.4, -0.2) is 48.3 Å². The van der Waals surface area contributed by atoms with Crippen molar-refractivity contribution in [3.8, 4) is 0 Å². The van der Waals surface area contributed by atoms with Gasteiger partial charge in [0.1, 0.15) is 6.04 Å². The van der Waals surface area contributed by atoms with Crippen molar-refractivity contribution in [1.82, 2.24) is 15.5 Å². The Labute approximate surface area is 141 Å². The van der Waals surface area contributed by atoms with Crippen molar-refractivity contribution < 1.29 is 18.8 Å². The monoisotopic (exact) mass is 335 g/mol. The summed E-state index contributed by atoms with van der Waals surface area (Å²) in [5.41, 5.74) is 0.